The first-order chi connectivity index (χ1) is 9.29. The predicted octanol–water partition coefficient (Wildman–Crippen LogP) is 1.98. The molecule has 1 aromatic heterocycles. The van der Waals surface area contributed by atoms with E-state index in [-0.39, 0.29) is 12.3 Å². The number of carbonyl (C=O) groups excluding carboxylic acids is 1. The van der Waals surface area contributed by atoms with Crippen molar-refractivity contribution in [2.75, 3.05) is 12.4 Å². The van der Waals surface area contributed by atoms with Gasteiger partial charge in [-0.15, -0.1) is 0 Å². The molecule has 0 fully saturated rings. The molecule has 2 rings (SSSR count). The van der Waals surface area contributed by atoms with Crippen LogP contribution in [0.1, 0.15) is 11.3 Å². The lowest BCUT2D eigenvalue weighted by molar-refractivity contribution is -0.115. The number of pyridine rings is 1. The highest BCUT2D eigenvalue weighted by Gasteiger charge is 2.07. The van der Waals surface area contributed by atoms with E-state index in [1.165, 1.54) is 0 Å². The van der Waals surface area contributed by atoms with Crippen LogP contribution in [0.4, 0.5) is 5.69 Å². The Bertz CT molecular complexity index is 540. The summed E-state index contributed by atoms with van der Waals surface area (Å²) in [4.78, 5) is 16.1. The van der Waals surface area contributed by atoms with Gasteiger partial charge in [0.25, 0.3) is 0 Å². The number of rotatable bonds is 5. The number of nitrogens with one attached hydrogen (secondary N) is 2. The summed E-state index contributed by atoms with van der Waals surface area (Å²) in [5.41, 5.74) is 2.68. The van der Waals surface area contributed by atoms with Gasteiger partial charge < -0.3 is 10.6 Å². The lowest BCUT2D eigenvalue weighted by atomic mass is 10.1. The quantitative estimate of drug-likeness (QED) is 0.859. The minimum Gasteiger partial charge on any atom is -0.325 e. The molecule has 0 aliphatic heterocycles. The van der Waals surface area contributed by atoms with E-state index >= 15 is 0 Å². The minimum absolute atomic E-state index is 0.0535. The van der Waals surface area contributed by atoms with Crippen molar-refractivity contribution in [2.24, 2.45) is 0 Å². The largest absolute Gasteiger partial charge is 0.325 e. The molecule has 0 aliphatic rings. The number of amides is 1. The predicted molar refractivity (Wildman–Crippen MR) is 75.8 cm³/mol. The maximum absolute atomic E-state index is 12.0. The first-order valence-electron chi connectivity index (χ1n) is 6.22. The third-order valence-electron chi connectivity index (χ3n) is 2.73. The zero-order valence-electron chi connectivity index (χ0n) is 10.9. The Morgan fingerprint density at radius 2 is 1.95 bits per heavy atom. The van der Waals surface area contributed by atoms with E-state index in [1.807, 2.05) is 49.5 Å². The van der Waals surface area contributed by atoms with E-state index in [2.05, 4.69) is 15.6 Å². The van der Waals surface area contributed by atoms with Gasteiger partial charge >= 0.3 is 0 Å². The van der Waals surface area contributed by atoms with Gasteiger partial charge in [-0.3, -0.25) is 9.78 Å². The molecule has 0 spiro atoms. The smallest absolute Gasteiger partial charge is 0.230 e. The van der Waals surface area contributed by atoms with Gasteiger partial charge in [0.2, 0.25) is 5.91 Å². The van der Waals surface area contributed by atoms with E-state index in [1.54, 1.807) is 6.20 Å². The van der Waals surface area contributed by atoms with Gasteiger partial charge in [-0.25, -0.2) is 0 Å². The fraction of sp³-hybridized carbons (Fsp3) is 0.200. The zero-order chi connectivity index (χ0) is 13.5. The summed E-state index contributed by atoms with van der Waals surface area (Å²) >= 11 is 0. The van der Waals surface area contributed by atoms with Crippen LogP contribution < -0.4 is 10.6 Å². The summed E-state index contributed by atoms with van der Waals surface area (Å²) in [5.74, 6) is -0.0535. The first kappa shape index (κ1) is 13.2. The van der Waals surface area contributed by atoms with Crippen molar-refractivity contribution in [1.82, 2.24) is 10.3 Å². The number of nitrogens with zero attached hydrogens (tertiary/aromatic N) is 1. The van der Waals surface area contributed by atoms with Crippen molar-refractivity contribution in [1.29, 1.82) is 0 Å². The molecule has 0 saturated carbocycles. The summed E-state index contributed by atoms with van der Waals surface area (Å²) in [7, 11) is 1.88. The number of para-hydroxylation sites is 1. The van der Waals surface area contributed by atoms with Crippen molar-refractivity contribution >= 4 is 11.6 Å². The number of carbonyl (C=O) groups is 1. The summed E-state index contributed by atoms with van der Waals surface area (Å²) < 4.78 is 0. The fourth-order valence-electron chi connectivity index (χ4n) is 1.85. The molecular weight excluding hydrogens is 238 g/mol. The highest BCUT2D eigenvalue weighted by molar-refractivity contribution is 5.92. The average Bonchev–Trinajstić information content (AvgIpc) is 2.42. The number of anilines is 1. The molecule has 0 atom stereocenters. The molecule has 1 amide bonds. The number of benzene rings is 1. The van der Waals surface area contributed by atoms with Crippen LogP contribution in [0.2, 0.25) is 0 Å². The van der Waals surface area contributed by atoms with Gasteiger partial charge in [0.1, 0.15) is 0 Å². The molecule has 1 aromatic carbocycles. The lowest BCUT2D eigenvalue weighted by Crippen LogP contribution is -2.17. The van der Waals surface area contributed by atoms with Crippen LogP contribution in [0.5, 0.6) is 0 Å². The standard InChI is InChI=1S/C15H17N3O/c1-16-11-12-6-2-3-8-14(12)18-15(19)10-13-7-4-5-9-17-13/h2-9,16H,10-11H2,1H3,(H,18,19). The summed E-state index contributed by atoms with van der Waals surface area (Å²) in [5, 5.41) is 6.01. The van der Waals surface area contributed by atoms with E-state index in [4.69, 9.17) is 0 Å². The Morgan fingerprint density at radius 3 is 2.68 bits per heavy atom. The Hall–Kier alpha value is -2.20. The van der Waals surface area contributed by atoms with Gasteiger partial charge in [0, 0.05) is 24.1 Å². The van der Waals surface area contributed by atoms with Gasteiger partial charge in [-0.05, 0) is 30.8 Å². The van der Waals surface area contributed by atoms with E-state index in [9.17, 15) is 4.79 Å². The number of hydrogen-bond acceptors (Lipinski definition) is 3. The van der Waals surface area contributed by atoms with Crippen LogP contribution >= 0.6 is 0 Å². The molecule has 0 bridgehead atoms. The molecule has 98 valence electrons. The van der Waals surface area contributed by atoms with Crippen LogP contribution in [-0.2, 0) is 17.8 Å². The molecule has 2 N–H and O–H groups in total. The monoisotopic (exact) mass is 255 g/mol. The lowest BCUT2D eigenvalue weighted by Gasteiger charge is -2.10. The molecule has 0 aliphatic carbocycles. The maximum atomic E-state index is 12.0. The molecule has 1 heterocycles. The van der Waals surface area contributed by atoms with Gasteiger partial charge in [0.15, 0.2) is 0 Å². The Labute approximate surface area is 112 Å². The van der Waals surface area contributed by atoms with Crippen LogP contribution in [0.15, 0.2) is 48.7 Å². The van der Waals surface area contributed by atoms with Crippen LogP contribution in [0.3, 0.4) is 0 Å². The SMILES string of the molecule is CNCc1ccccc1NC(=O)Cc1ccccn1. The van der Waals surface area contributed by atoms with Crippen molar-refractivity contribution < 1.29 is 4.79 Å². The average molecular weight is 255 g/mol. The highest BCUT2D eigenvalue weighted by atomic mass is 16.1. The van der Waals surface area contributed by atoms with Gasteiger partial charge in [-0.1, -0.05) is 24.3 Å². The van der Waals surface area contributed by atoms with Crippen molar-refractivity contribution in [3.05, 3.63) is 59.9 Å². The molecule has 4 heteroatoms. The second kappa shape index (κ2) is 6.66. The Kier molecular flexibility index (Phi) is 4.64. The minimum atomic E-state index is -0.0535. The molecule has 0 radical (unpaired) electrons. The first-order valence-corrected chi connectivity index (χ1v) is 6.22. The second-order valence-electron chi connectivity index (χ2n) is 4.23. The summed E-state index contributed by atoms with van der Waals surface area (Å²) in [6.45, 7) is 0.722. The highest BCUT2D eigenvalue weighted by Crippen LogP contribution is 2.14. The van der Waals surface area contributed by atoms with Crippen LogP contribution in [0, 0.1) is 0 Å². The van der Waals surface area contributed by atoms with Crippen molar-refractivity contribution in [2.45, 2.75) is 13.0 Å². The fourth-order valence-corrected chi connectivity index (χ4v) is 1.85. The molecule has 2 aromatic rings. The van der Waals surface area contributed by atoms with Crippen LogP contribution in [0.25, 0.3) is 0 Å². The van der Waals surface area contributed by atoms with Gasteiger partial charge in [0.05, 0.1) is 6.42 Å². The van der Waals surface area contributed by atoms with E-state index < -0.39 is 0 Å². The topological polar surface area (TPSA) is 54.0 Å². The molecule has 0 saturated heterocycles. The Balaban J connectivity index is 2.03. The molecular formula is C15H17N3O. The maximum Gasteiger partial charge on any atom is 0.230 e. The van der Waals surface area contributed by atoms with Gasteiger partial charge in [-0.2, -0.15) is 0 Å². The number of hydrogen-bond donors (Lipinski definition) is 2. The van der Waals surface area contributed by atoms with Crippen LogP contribution in [-0.4, -0.2) is 17.9 Å². The normalized spacial score (nSPS) is 10.2. The third kappa shape index (κ3) is 3.89. The Morgan fingerprint density at radius 1 is 1.16 bits per heavy atom. The molecule has 0 unspecified atom stereocenters. The van der Waals surface area contributed by atoms with E-state index in [0.29, 0.717) is 0 Å². The van der Waals surface area contributed by atoms with Crippen molar-refractivity contribution in [3.63, 3.8) is 0 Å². The number of aromatic nitrogens is 1. The summed E-state index contributed by atoms with van der Waals surface area (Å²) in [6, 6.07) is 13.3. The summed E-state index contributed by atoms with van der Waals surface area (Å²) in [6.07, 6.45) is 1.98. The molecule has 19 heavy (non-hydrogen) atoms. The second-order valence-corrected chi connectivity index (χ2v) is 4.23. The molecule has 4 nitrogen and oxygen atoms in total. The third-order valence-corrected chi connectivity index (χ3v) is 2.73. The van der Waals surface area contributed by atoms with E-state index in [0.717, 1.165) is 23.5 Å². The van der Waals surface area contributed by atoms with Crippen molar-refractivity contribution in [3.8, 4) is 0 Å². The zero-order valence-corrected chi connectivity index (χ0v) is 10.9.